The molecule has 3 rings (SSSR count). The maximum atomic E-state index is 14.5. The lowest BCUT2D eigenvalue weighted by molar-refractivity contribution is -0.123. The van der Waals surface area contributed by atoms with E-state index in [9.17, 15) is 17.6 Å². The summed E-state index contributed by atoms with van der Waals surface area (Å²) in [4.78, 5) is 13.3. The van der Waals surface area contributed by atoms with Crippen molar-refractivity contribution in [3.8, 4) is 11.5 Å². The highest BCUT2D eigenvalue weighted by atomic mass is 32.2. The first-order valence-electron chi connectivity index (χ1n) is 9.26. The third-order valence-corrected chi connectivity index (χ3v) is 7.48. The zero-order chi connectivity index (χ0) is 20.5. The Hall–Kier alpha value is -1.91. The number of piperidine rings is 1. The minimum atomic E-state index is -4.01. The fraction of sp³-hybridized carbons (Fsp3) is 0.611. The average molecular weight is 415 g/mol. The number of benzene rings is 1. The highest BCUT2D eigenvalue weighted by Crippen LogP contribution is 2.34. The number of nitrogens with two attached hydrogens (primary N) is 1. The summed E-state index contributed by atoms with van der Waals surface area (Å²) in [6, 6.07) is 1.98. The molecule has 2 N–H and O–H groups in total. The molecule has 1 aromatic carbocycles. The van der Waals surface area contributed by atoms with E-state index in [-0.39, 0.29) is 42.6 Å². The van der Waals surface area contributed by atoms with Gasteiger partial charge in [-0.1, -0.05) is 0 Å². The van der Waals surface area contributed by atoms with Gasteiger partial charge >= 0.3 is 0 Å². The fourth-order valence-corrected chi connectivity index (χ4v) is 5.65. The molecule has 2 fully saturated rings. The molecule has 0 spiro atoms. The molecule has 0 saturated carbocycles. The maximum absolute atomic E-state index is 14.5. The number of nitrogens with zero attached hydrogens (tertiary/aromatic N) is 2. The lowest BCUT2D eigenvalue weighted by atomic mass is 10.0. The van der Waals surface area contributed by atoms with Gasteiger partial charge in [0.2, 0.25) is 15.9 Å². The van der Waals surface area contributed by atoms with Crippen molar-refractivity contribution in [3.63, 3.8) is 0 Å². The lowest BCUT2D eigenvalue weighted by Gasteiger charge is -2.38. The van der Waals surface area contributed by atoms with Crippen LogP contribution in [0.2, 0.25) is 0 Å². The van der Waals surface area contributed by atoms with Crippen molar-refractivity contribution in [3.05, 3.63) is 17.9 Å². The molecule has 2 aliphatic heterocycles. The first kappa shape index (κ1) is 20.8. The van der Waals surface area contributed by atoms with Crippen LogP contribution in [0.1, 0.15) is 25.7 Å². The van der Waals surface area contributed by atoms with Crippen LogP contribution in [0, 0.1) is 5.82 Å². The SMILES string of the molecule is COc1cc(F)c(S(=O)(=O)N2CCC(N3CCCC3C(N)=O)CC2)cc1OC. The van der Waals surface area contributed by atoms with Crippen LogP contribution in [0.25, 0.3) is 0 Å². The first-order valence-corrected chi connectivity index (χ1v) is 10.7. The Morgan fingerprint density at radius 1 is 1.11 bits per heavy atom. The minimum Gasteiger partial charge on any atom is -0.493 e. The van der Waals surface area contributed by atoms with Gasteiger partial charge in [0, 0.05) is 31.3 Å². The van der Waals surface area contributed by atoms with Crippen LogP contribution < -0.4 is 15.2 Å². The molecule has 1 amide bonds. The second-order valence-electron chi connectivity index (χ2n) is 7.07. The third kappa shape index (κ3) is 3.81. The zero-order valence-electron chi connectivity index (χ0n) is 16.1. The number of primary amides is 1. The topological polar surface area (TPSA) is 102 Å². The standard InChI is InChI=1S/C18H26FN3O5S/c1-26-15-10-13(19)17(11-16(15)27-2)28(24,25)21-8-5-12(6-9-21)22-7-3-4-14(22)18(20)23/h10-12,14H,3-9H2,1-2H3,(H2,20,23). The fourth-order valence-electron chi connectivity index (χ4n) is 4.12. The Bertz CT molecular complexity index is 840. The number of ether oxygens (including phenoxy) is 2. The van der Waals surface area contributed by atoms with E-state index in [1.165, 1.54) is 18.5 Å². The molecule has 28 heavy (non-hydrogen) atoms. The second-order valence-corrected chi connectivity index (χ2v) is 8.98. The van der Waals surface area contributed by atoms with Gasteiger partial charge in [0.15, 0.2) is 11.5 Å². The summed E-state index contributed by atoms with van der Waals surface area (Å²) < 4.78 is 51.8. The van der Waals surface area contributed by atoms with Crippen molar-refractivity contribution in [2.75, 3.05) is 33.9 Å². The van der Waals surface area contributed by atoms with Crippen LogP contribution in [0.15, 0.2) is 17.0 Å². The molecule has 1 atom stereocenters. The maximum Gasteiger partial charge on any atom is 0.246 e. The van der Waals surface area contributed by atoms with Gasteiger partial charge in [-0.2, -0.15) is 4.31 Å². The van der Waals surface area contributed by atoms with E-state index in [2.05, 4.69) is 4.90 Å². The first-order chi connectivity index (χ1) is 13.3. The van der Waals surface area contributed by atoms with Gasteiger partial charge < -0.3 is 15.2 Å². The summed E-state index contributed by atoms with van der Waals surface area (Å²) >= 11 is 0. The van der Waals surface area contributed by atoms with Gasteiger partial charge in [-0.15, -0.1) is 0 Å². The molecule has 1 unspecified atom stereocenters. The third-order valence-electron chi connectivity index (χ3n) is 5.57. The van der Waals surface area contributed by atoms with E-state index in [1.807, 2.05) is 0 Å². The Kier molecular flexibility index (Phi) is 6.11. The molecular weight excluding hydrogens is 389 g/mol. The smallest absolute Gasteiger partial charge is 0.246 e. The monoisotopic (exact) mass is 415 g/mol. The number of rotatable bonds is 6. The summed E-state index contributed by atoms with van der Waals surface area (Å²) in [5.74, 6) is -0.934. The molecular formula is C18H26FN3O5S. The molecule has 10 heteroatoms. The summed E-state index contributed by atoms with van der Waals surface area (Å²) in [5, 5.41) is 0. The lowest BCUT2D eigenvalue weighted by Crippen LogP contribution is -2.51. The Balaban J connectivity index is 1.76. The predicted molar refractivity (Wildman–Crippen MR) is 100 cm³/mol. The Morgan fingerprint density at radius 2 is 1.71 bits per heavy atom. The molecule has 2 saturated heterocycles. The molecule has 0 radical (unpaired) electrons. The number of amides is 1. The van der Waals surface area contributed by atoms with Crippen molar-refractivity contribution in [1.29, 1.82) is 0 Å². The van der Waals surface area contributed by atoms with E-state index >= 15 is 0 Å². The van der Waals surface area contributed by atoms with Crippen molar-refractivity contribution in [2.45, 2.75) is 42.7 Å². The van der Waals surface area contributed by atoms with E-state index in [1.54, 1.807) is 0 Å². The minimum absolute atomic E-state index is 0.0988. The van der Waals surface area contributed by atoms with Crippen molar-refractivity contribution in [1.82, 2.24) is 9.21 Å². The Labute approximate surface area is 164 Å². The number of sulfonamides is 1. The van der Waals surface area contributed by atoms with Gasteiger partial charge in [0.1, 0.15) is 10.7 Å². The molecule has 0 aliphatic carbocycles. The second kappa shape index (κ2) is 8.22. The van der Waals surface area contributed by atoms with Gasteiger partial charge in [-0.25, -0.2) is 12.8 Å². The van der Waals surface area contributed by atoms with E-state index < -0.39 is 20.7 Å². The number of hydrogen-bond donors (Lipinski definition) is 1. The van der Waals surface area contributed by atoms with Crippen LogP contribution in [0.4, 0.5) is 4.39 Å². The number of likely N-dealkylation sites (tertiary alicyclic amines) is 1. The van der Waals surface area contributed by atoms with E-state index in [0.29, 0.717) is 12.8 Å². The highest BCUT2D eigenvalue weighted by Gasteiger charge is 2.38. The molecule has 2 heterocycles. The number of carbonyl (C=O) groups excluding carboxylic acids is 1. The summed E-state index contributed by atoms with van der Waals surface area (Å²) in [7, 11) is -1.30. The van der Waals surface area contributed by atoms with Crippen molar-refractivity contribution >= 4 is 15.9 Å². The average Bonchev–Trinajstić information content (AvgIpc) is 3.17. The number of methoxy groups -OCH3 is 2. The van der Waals surface area contributed by atoms with Crippen LogP contribution in [0.3, 0.4) is 0 Å². The van der Waals surface area contributed by atoms with E-state index in [4.69, 9.17) is 15.2 Å². The van der Waals surface area contributed by atoms with Crippen LogP contribution in [-0.2, 0) is 14.8 Å². The number of halogens is 1. The van der Waals surface area contributed by atoms with Gasteiger partial charge in [-0.05, 0) is 32.2 Å². The highest BCUT2D eigenvalue weighted by molar-refractivity contribution is 7.89. The van der Waals surface area contributed by atoms with E-state index in [0.717, 1.165) is 31.5 Å². The largest absolute Gasteiger partial charge is 0.493 e. The van der Waals surface area contributed by atoms with Crippen molar-refractivity contribution in [2.24, 2.45) is 5.73 Å². The predicted octanol–water partition coefficient (Wildman–Crippen LogP) is 0.946. The van der Waals surface area contributed by atoms with Crippen LogP contribution in [0.5, 0.6) is 11.5 Å². The molecule has 0 aromatic heterocycles. The summed E-state index contributed by atoms with van der Waals surface area (Å²) in [6.07, 6.45) is 2.78. The zero-order valence-corrected chi connectivity index (χ0v) is 16.9. The number of hydrogen-bond acceptors (Lipinski definition) is 6. The van der Waals surface area contributed by atoms with Gasteiger partial charge in [-0.3, -0.25) is 9.69 Å². The van der Waals surface area contributed by atoms with Crippen LogP contribution in [-0.4, -0.2) is 69.5 Å². The van der Waals surface area contributed by atoms with Gasteiger partial charge in [0.25, 0.3) is 0 Å². The molecule has 0 bridgehead atoms. The normalized spacial score (nSPS) is 22.3. The van der Waals surface area contributed by atoms with Crippen LogP contribution >= 0.6 is 0 Å². The molecule has 156 valence electrons. The molecule has 8 nitrogen and oxygen atoms in total. The summed E-state index contributed by atoms with van der Waals surface area (Å²) in [6.45, 7) is 1.29. The summed E-state index contributed by atoms with van der Waals surface area (Å²) in [5.41, 5.74) is 5.48. The quantitative estimate of drug-likeness (QED) is 0.742. The number of carbonyl (C=O) groups is 1. The van der Waals surface area contributed by atoms with Gasteiger partial charge in [0.05, 0.1) is 20.3 Å². The Morgan fingerprint density at radius 3 is 2.29 bits per heavy atom. The molecule has 2 aliphatic rings. The van der Waals surface area contributed by atoms with Crippen molar-refractivity contribution < 1.29 is 27.1 Å². The molecule has 1 aromatic rings.